The van der Waals surface area contributed by atoms with E-state index in [9.17, 15) is 0 Å². The summed E-state index contributed by atoms with van der Waals surface area (Å²) in [5, 5.41) is 0. The van der Waals surface area contributed by atoms with Crippen molar-refractivity contribution in [3.8, 4) is 0 Å². The van der Waals surface area contributed by atoms with Gasteiger partial charge in [0, 0.05) is 20.8 Å². The summed E-state index contributed by atoms with van der Waals surface area (Å²) in [6.45, 7) is 0. The van der Waals surface area contributed by atoms with Crippen molar-refractivity contribution in [2.45, 2.75) is 0 Å². The van der Waals surface area contributed by atoms with Crippen molar-refractivity contribution in [1.82, 2.24) is 19.9 Å². The van der Waals surface area contributed by atoms with Crippen molar-refractivity contribution < 1.29 is 0 Å². The molecule has 0 aromatic carbocycles. The normalized spacial score (nSPS) is 8.69. The van der Waals surface area contributed by atoms with Crippen LogP contribution < -0.4 is 11.5 Å². The van der Waals surface area contributed by atoms with Gasteiger partial charge in [-0.1, -0.05) is 0 Å². The second-order valence-corrected chi connectivity index (χ2v) is 3.21. The highest BCUT2D eigenvalue weighted by Crippen LogP contribution is 2.02. The van der Waals surface area contributed by atoms with Crippen LogP contribution >= 0.6 is 15.9 Å². The summed E-state index contributed by atoms with van der Waals surface area (Å²) >= 11 is 3.12. The Labute approximate surface area is 105 Å². The van der Waals surface area contributed by atoms with E-state index in [0.29, 0.717) is 16.2 Å². The van der Waals surface area contributed by atoms with Crippen molar-refractivity contribution in [1.29, 1.82) is 1.34 Å². The molecule has 2 heterocycles. The zero-order valence-corrected chi connectivity index (χ0v) is 9.87. The van der Waals surface area contributed by atoms with Gasteiger partial charge in [-0.2, -0.15) is 0 Å². The molecule has 0 fully saturated rings. The van der Waals surface area contributed by atoms with E-state index in [-0.39, 0.29) is 0 Å². The van der Waals surface area contributed by atoms with Gasteiger partial charge in [0.1, 0.15) is 16.2 Å². The van der Waals surface area contributed by atoms with Crippen LogP contribution in [0.1, 0.15) is 0 Å². The zero-order valence-electron chi connectivity index (χ0n) is 9.29. The molecule has 2 radical (unpaired) electrons. The molecule has 0 aliphatic carbocycles. The van der Waals surface area contributed by atoms with E-state index in [1.807, 2.05) is 0 Å². The van der Waals surface area contributed by atoms with E-state index in [1.54, 1.807) is 18.6 Å². The summed E-state index contributed by atoms with van der Waals surface area (Å²) < 4.78 is 5.95. The monoisotopic (exact) mass is 281 g/mol. The largest absolute Gasteiger partial charge is 0.382 e. The third-order valence-corrected chi connectivity index (χ3v) is 1.63. The van der Waals surface area contributed by atoms with Crippen LogP contribution in [-0.2, 0) is 0 Å². The minimum atomic E-state index is 0.438. The van der Waals surface area contributed by atoms with Crippen LogP contribution in [0.3, 0.4) is 0 Å². The Kier molecular flexibility index (Phi) is 5.86. The minimum Gasteiger partial charge on any atom is -0.382 e. The van der Waals surface area contributed by atoms with Crippen molar-refractivity contribution >= 4 is 35.9 Å². The van der Waals surface area contributed by atoms with Gasteiger partial charge < -0.3 is 11.5 Å². The molecular weight excluding hydrogens is 271 g/mol. The molecule has 0 atom stereocenters. The second-order valence-electron chi connectivity index (χ2n) is 2.39. The van der Waals surface area contributed by atoms with Crippen LogP contribution in [0, 0.1) is 0 Å². The molecule has 0 unspecified atom stereocenters. The van der Waals surface area contributed by atoms with Crippen molar-refractivity contribution in [2.24, 2.45) is 0 Å². The fourth-order valence-electron chi connectivity index (χ4n) is 0.633. The molecule has 0 bridgehead atoms. The number of halogens is 1. The third kappa shape index (κ3) is 5.92. The first-order valence-electron chi connectivity index (χ1n) is 4.50. The molecule has 0 aliphatic heterocycles. The van der Waals surface area contributed by atoms with Crippen LogP contribution in [0.25, 0.3) is 0 Å². The molecule has 16 heavy (non-hydrogen) atoms. The van der Waals surface area contributed by atoms with Gasteiger partial charge in [0.15, 0.2) is 0 Å². The molecule has 2 aromatic heterocycles. The minimum absolute atomic E-state index is 0.438. The topological polar surface area (TPSA) is 104 Å². The maximum absolute atomic E-state index is 5.25. The van der Waals surface area contributed by atoms with Gasteiger partial charge in [-0.15, -0.1) is 0 Å². The first kappa shape index (κ1) is 12.4. The Hall–Kier alpha value is -1.70. The first-order chi connectivity index (χ1) is 8.18. The highest BCUT2D eigenvalue weighted by atomic mass is 79.9. The van der Waals surface area contributed by atoms with Crippen LogP contribution in [-0.4, -0.2) is 29.6 Å². The van der Waals surface area contributed by atoms with Gasteiger partial charge in [-0.25, -0.2) is 15.0 Å². The summed E-state index contributed by atoms with van der Waals surface area (Å²) in [5.41, 5.74) is 10.4. The summed E-state index contributed by atoms with van der Waals surface area (Å²) in [7, 11) is 3.75. The summed E-state index contributed by atoms with van der Waals surface area (Å²) in [6.07, 6.45) is 7.67. The number of nitrogens with zero attached hydrogens (tertiary/aromatic N) is 4. The maximum Gasteiger partial charge on any atom is 0.141 e. The van der Waals surface area contributed by atoms with E-state index in [2.05, 4.69) is 44.2 Å². The van der Waals surface area contributed by atoms with Gasteiger partial charge in [0.05, 0.1) is 18.6 Å². The van der Waals surface area contributed by atoms with Crippen LogP contribution in [0.4, 0.5) is 11.6 Å². The summed E-state index contributed by atoms with van der Waals surface area (Å²) in [5.74, 6) is 0.899. The molecule has 8 heteroatoms. The van der Waals surface area contributed by atoms with Gasteiger partial charge in [-0.05, 0) is 17.3 Å². The lowest BCUT2D eigenvalue weighted by Crippen LogP contribution is -1.89. The third-order valence-electron chi connectivity index (χ3n) is 1.22. The van der Waals surface area contributed by atoms with E-state index in [1.165, 1.54) is 12.4 Å². The molecule has 4 N–H and O–H groups in total. The lowest BCUT2D eigenvalue weighted by Gasteiger charge is -1.87. The van der Waals surface area contributed by atoms with E-state index >= 15 is 0 Å². The van der Waals surface area contributed by atoms with Crippen molar-refractivity contribution in [3.05, 3.63) is 35.6 Å². The van der Waals surface area contributed by atoms with Gasteiger partial charge in [0.2, 0.25) is 0 Å². The van der Waals surface area contributed by atoms with Crippen LogP contribution in [0.2, 0.25) is 0 Å². The predicted octanol–water partition coefficient (Wildman–Crippen LogP) is 0.232. The number of aromatic nitrogens is 4. The van der Waals surface area contributed by atoms with E-state index in [0.717, 1.165) is 0 Å². The number of anilines is 2. The Morgan fingerprint density at radius 3 is 2.00 bits per heavy atom. The number of hydrogen-bond donors (Lipinski definition) is 2. The quantitative estimate of drug-likeness (QED) is 0.670. The number of hydrogen-bond acceptors (Lipinski definition) is 6. The maximum atomic E-state index is 5.25. The molecule has 0 saturated heterocycles. The highest BCUT2D eigenvalue weighted by molar-refractivity contribution is 9.10. The Morgan fingerprint density at radius 1 is 1.00 bits per heavy atom. The molecule has 2 rings (SSSR count). The number of rotatable bonds is 0. The number of nitrogens with two attached hydrogens (primary N) is 2. The Bertz CT molecular complexity index is 380. The second kappa shape index (κ2) is 7.58. The van der Waals surface area contributed by atoms with E-state index < -0.39 is 0 Å². The fraction of sp³-hybridized carbons (Fsp3) is 0. The standard InChI is InChI=1S/C4H4BrN3.C4H5N3.BH/c5-3-1-8-4(6)2-7-3;5-4-3-6-1-2-7-4;/h1-2H,(H2,6,8);1-3H,(H2,5,7);1H/i;;1D. The van der Waals surface area contributed by atoms with Crippen molar-refractivity contribution in [3.63, 3.8) is 0 Å². The molecule has 0 amide bonds. The molecule has 6 nitrogen and oxygen atoms in total. The van der Waals surface area contributed by atoms with Crippen LogP contribution in [0.5, 0.6) is 0 Å². The van der Waals surface area contributed by atoms with Crippen molar-refractivity contribution in [2.75, 3.05) is 11.5 Å². The summed E-state index contributed by atoms with van der Waals surface area (Å²) in [6, 6.07) is 0. The molecule has 82 valence electrons. The highest BCUT2D eigenvalue weighted by Gasteiger charge is 1.84. The number of nitrogen functional groups attached to an aromatic ring is 2. The molecule has 0 saturated carbocycles. The van der Waals surface area contributed by atoms with E-state index in [4.69, 9.17) is 12.8 Å². The smallest absolute Gasteiger partial charge is 0.141 e. The van der Waals surface area contributed by atoms with Gasteiger partial charge >= 0.3 is 0 Å². The lowest BCUT2D eigenvalue weighted by molar-refractivity contribution is 1.17. The molecule has 2 aromatic rings. The SMILES string of the molecule is Nc1cnc(Br)cn1.Nc1cnccn1.[2H][B]. The van der Waals surface area contributed by atoms with Crippen LogP contribution in [0.15, 0.2) is 35.6 Å². The van der Waals surface area contributed by atoms with Gasteiger partial charge in [-0.3, -0.25) is 4.98 Å². The first-order valence-corrected chi connectivity index (χ1v) is 4.72. The zero-order chi connectivity index (χ0) is 13.1. The average molecular weight is 282 g/mol. The Morgan fingerprint density at radius 2 is 1.69 bits per heavy atom. The Balaban J connectivity index is 0.000000265. The predicted molar refractivity (Wildman–Crippen MR) is 67.7 cm³/mol. The lowest BCUT2D eigenvalue weighted by atomic mass is 10.7. The van der Waals surface area contributed by atoms with Gasteiger partial charge in [0.25, 0.3) is 0 Å². The summed E-state index contributed by atoms with van der Waals surface area (Å²) in [4.78, 5) is 14.9. The average Bonchev–Trinajstić information content (AvgIpc) is 2.37. The molecule has 0 aliphatic rings. The molecule has 0 spiro atoms. The molecular formula is C8H10BBrN6. The fourth-order valence-corrected chi connectivity index (χ4v) is 0.838.